The van der Waals surface area contributed by atoms with E-state index < -0.39 is 0 Å². The first-order valence-corrected chi connectivity index (χ1v) is 7.46. The van der Waals surface area contributed by atoms with E-state index in [-0.39, 0.29) is 5.75 Å². The standard InChI is InChI=1S/C13H7ClINOS/c14-7-5-8(12(17)9(15)6-7)13-16-10-3-1-2-4-11(10)18-13/h1-6,17H. The maximum Gasteiger partial charge on any atom is 0.139 e. The van der Waals surface area contributed by atoms with Crippen LogP contribution in [0.15, 0.2) is 36.4 Å². The number of phenols is 1. The van der Waals surface area contributed by atoms with Crippen LogP contribution in [0.25, 0.3) is 20.8 Å². The Hall–Kier alpha value is -0.850. The summed E-state index contributed by atoms with van der Waals surface area (Å²) >= 11 is 9.64. The average molecular weight is 388 g/mol. The van der Waals surface area contributed by atoms with E-state index >= 15 is 0 Å². The van der Waals surface area contributed by atoms with Crippen LogP contribution in [-0.2, 0) is 0 Å². The van der Waals surface area contributed by atoms with E-state index in [0.29, 0.717) is 10.6 Å². The van der Waals surface area contributed by atoms with Crippen molar-refractivity contribution in [1.29, 1.82) is 0 Å². The highest BCUT2D eigenvalue weighted by Crippen LogP contribution is 2.39. The molecule has 0 amide bonds. The molecule has 5 heteroatoms. The third-order valence-electron chi connectivity index (χ3n) is 2.55. The number of hydrogen-bond donors (Lipinski definition) is 1. The molecule has 0 saturated heterocycles. The van der Waals surface area contributed by atoms with Gasteiger partial charge in [-0.2, -0.15) is 0 Å². The van der Waals surface area contributed by atoms with Gasteiger partial charge in [-0.15, -0.1) is 11.3 Å². The Morgan fingerprint density at radius 3 is 2.78 bits per heavy atom. The van der Waals surface area contributed by atoms with Gasteiger partial charge < -0.3 is 5.11 Å². The summed E-state index contributed by atoms with van der Waals surface area (Å²) in [6.45, 7) is 0. The number of fused-ring (bicyclic) bond motifs is 1. The Morgan fingerprint density at radius 2 is 2.00 bits per heavy atom. The minimum absolute atomic E-state index is 0.235. The van der Waals surface area contributed by atoms with Crippen molar-refractivity contribution in [2.24, 2.45) is 0 Å². The minimum atomic E-state index is 0.235. The summed E-state index contributed by atoms with van der Waals surface area (Å²) in [5.41, 5.74) is 1.62. The predicted molar refractivity (Wildman–Crippen MR) is 84.4 cm³/mol. The summed E-state index contributed by atoms with van der Waals surface area (Å²) in [5, 5.41) is 11.5. The van der Waals surface area contributed by atoms with E-state index in [4.69, 9.17) is 11.6 Å². The van der Waals surface area contributed by atoms with Gasteiger partial charge in [0.15, 0.2) is 0 Å². The highest BCUT2D eigenvalue weighted by atomic mass is 127. The van der Waals surface area contributed by atoms with E-state index in [1.165, 1.54) is 0 Å². The predicted octanol–water partition coefficient (Wildman–Crippen LogP) is 4.93. The number of halogens is 2. The third-order valence-corrected chi connectivity index (χ3v) is 4.66. The summed E-state index contributed by atoms with van der Waals surface area (Å²) in [5.74, 6) is 0.235. The van der Waals surface area contributed by atoms with Crippen molar-refractivity contribution >= 4 is 55.7 Å². The molecule has 2 aromatic carbocycles. The number of thiazole rings is 1. The number of phenolic OH excluding ortho intramolecular Hbond substituents is 1. The summed E-state index contributed by atoms with van der Waals surface area (Å²) in [4.78, 5) is 4.52. The second kappa shape index (κ2) is 4.68. The van der Waals surface area contributed by atoms with Crippen molar-refractivity contribution in [1.82, 2.24) is 4.98 Å². The number of rotatable bonds is 1. The number of benzene rings is 2. The van der Waals surface area contributed by atoms with Crippen LogP contribution in [0, 0.1) is 3.57 Å². The average Bonchev–Trinajstić information content (AvgIpc) is 2.77. The number of aromatic nitrogens is 1. The fourth-order valence-corrected chi connectivity index (χ4v) is 3.73. The van der Waals surface area contributed by atoms with Crippen LogP contribution < -0.4 is 0 Å². The van der Waals surface area contributed by atoms with E-state index in [1.807, 2.05) is 24.3 Å². The van der Waals surface area contributed by atoms with Crippen LogP contribution in [0.3, 0.4) is 0 Å². The third kappa shape index (κ3) is 2.08. The highest BCUT2D eigenvalue weighted by molar-refractivity contribution is 14.1. The van der Waals surface area contributed by atoms with E-state index in [9.17, 15) is 5.11 Å². The van der Waals surface area contributed by atoms with Crippen molar-refractivity contribution in [3.8, 4) is 16.3 Å². The molecule has 0 unspecified atom stereocenters. The van der Waals surface area contributed by atoms with Crippen molar-refractivity contribution in [3.63, 3.8) is 0 Å². The van der Waals surface area contributed by atoms with Crippen molar-refractivity contribution in [2.45, 2.75) is 0 Å². The van der Waals surface area contributed by atoms with Gasteiger partial charge in [0.25, 0.3) is 0 Å². The van der Waals surface area contributed by atoms with Gasteiger partial charge in [0.2, 0.25) is 0 Å². The van der Waals surface area contributed by atoms with Gasteiger partial charge in [-0.3, -0.25) is 0 Å². The number of aromatic hydroxyl groups is 1. The maximum atomic E-state index is 10.1. The molecule has 1 N–H and O–H groups in total. The van der Waals surface area contributed by atoms with Crippen LogP contribution in [0.1, 0.15) is 0 Å². The Morgan fingerprint density at radius 1 is 1.22 bits per heavy atom. The molecule has 90 valence electrons. The molecule has 0 radical (unpaired) electrons. The van der Waals surface area contributed by atoms with E-state index in [1.54, 1.807) is 23.5 Å². The highest BCUT2D eigenvalue weighted by Gasteiger charge is 2.13. The molecule has 0 bridgehead atoms. The Labute approximate surface area is 126 Å². The molecule has 1 heterocycles. The molecular weight excluding hydrogens is 381 g/mol. The molecule has 0 spiro atoms. The maximum absolute atomic E-state index is 10.1. The molecule has 0 saturated carbocycles. The molecule has 0 aliphatic carbocycles. The van der Waals surface area contributed by atoms with Crippen molar-refractivity contribution < 1.29 is 5.11 Å². The fourth-order valence-electron chi connectivity index (χ4n) is 1.72. The number of nitrogens with zero attached hydrogens (tertiary/aromatic N) is 1. The first-order chi connectivity index (χ1) is 8.65. The topological polar surface area (TPSA) is 33.1 Å². The summed E-state index contributed by atoms with van der Waals surface area (Å²) in [6.07, 6.45) is 0. The van der Waals surface area contributed by atoms with Gasteiger partial charge in [-0.05, 0) is 46.9 Å². The Balaban J connectivity index is 2.26. The van der Waals surface area contributed by atoms with Gasteiger partial charge in [0, 0.05) is 5.02 Å². The minimum Gasteiger partial charge on any atom is -0.506 e. The molecule has 1 aromatic heterocycles. The Kier molecular flexibility index (Phi) is 3.17. The first kappa shape index (κ1) is 12.2. The lowest BCUT2D eigenvalue weighted by Gasteiger charge is -2.04. The molecule has 18 heavy (non-hydrogen) atoms. The van der Waals surface area contributed by atoms with Crippen LogP contribution in [-0.4, -0.2) is 10.1 Å². The molecule has 0 fully saturated rings. The summed E-state index contributed by atoms with van der Waals surface area (Å²) < 4.78 is 1.83. The van der Waals surface area contributed by atoms with Crippen LogP contribution in [0.4, 0.5) is 0 Å². The molecule has 0 aliphatic rings. The SMILES string of the molecule is Oc1c(I)cc(Cl)cc1-c1nc2ccccc2s1. The van der Waals surface area contributed by atoms with Gasteiger partial charge in [-0.25, -0.2) is 4.98 Å². The molecule has 0 atom stereocenters. The fraction of sp³-hybridized carbons (Fsp3) is 0. The molecule has 0 aliphatic heterocycles. The normalized spacial score (nSPS) is 11.0. The van der Waals surface area contributed by atoms with Gasteiger partial charge in [-0.1, -0.05) is 23.7 Å². The second-order valence-corrected chi connectivity index (χ2v) is 6.40. The van der Waals surface area contributed by atoms with E-state index in [0.717, 1.165) is 18.8 Å². The zero-order valence-corrected chi connectivity index (χ0v) is 12.8. The van der Waals surface area contributed by atoms with Gasteiger partial charge in [0.05, 0.1) is 19.4 Å². The smallest absolute Gasteiger partial charge is 0.139 e. The summed E-state index contributed by atoms with van der Waals surface area (Å²) in [6, 6.07) is 11.4. The first-order valence-electron chi connectivity index (χ1n) is 5.19. The van der Waals surface area contributed by atoms with Gasteiger partial charge in [0.1, 0.15) is 10.8 Å². The lowest BCUT2D eigenvalue weighted by molar-refractivity contribution is 0.473. The summed E-state index contributed by atoms with van der Waals surface area (Å²) in [7, 11) is 0. The zero-order valence-electron chi connectivity index (χ0n) is 9.02. The monoisotopic (exact) mass is 387 g/mol. The zero-order chi connectivity index (χ0) is 12.7. The van der Waals surface area contributed by atoms with E-state index in [2.05, 4.69) is 27.6 Å². The van der Waals surface area contributed by atoms with Gasteiger partial charge >= 0.3 is 0 Å². The molecule has 3 rings (SSSR count). The number of hydrogen-bond acceptors (Lipinski definition) is 3. The molecule has 3 aromatic rings. The van der Waals surface area contributed by atoms with Crippen LogP contribution in [0.5, 0.6) is 5.75 Å². The molecular formula is C13H7ClINOS. The van der Waals surface area contributed by atoms with Crippen LogP contribution >= 0.6 is 45.5 Å². The lowest BCUT2D eigenvalue weighted by Crippen LogP contribution is -1.82. The number of para-hydroxylation sites is 1. The van der Waals surface area contributed by atoms with Crippen LogP contribution in [0.2, 0.25) is 5.02 Å². The largest absolute Gasteiger partial charge is 0.506 e. The second-order valence-electron chi connectivity index (χ2n) is 3.77. The quantitative estimate of drug-likeness (QED) is 0.601. The van der Waals surface area contributed by atoms with Crippen molar-refractivity contribution in [3.05, 3.63) is 45.0 Å². The lowest BCUT2D eigenvalue weighted by atomic mass is 10.2. The Bertz CT molecular complexity index is 708. The molecule has 2 nitrogen and oxygen atoms in total. The van der Waals surface area contributed by atoms with Crippen molar-refractivity contribution in [2.75, 3.05) is 0 Å².